The lowest BCUT2D eigenvalue weighted by Gasteiger charge is -2.14. The largest absolute Gasteiger partial charge is 0.393 e. The lowest BCUT2D eigenvalue weighted by Crippen LogP contribution is -2.20. The summed E-state index contributed by atoms with van der Waals surface area (Å²) < 4.78 is 32.7. The lowest BCUT2D eigenvalue weighted by atomic mass is 10.0. The second kappa shape index (κ2) is 18.9. The highest BCUT2D eigenvalue weighted by atomic mass is 32.2. The molecule has 0 aliphatic rings. The van der Waals surface area contributed by atoms with Crippen molar-refractivity contribution in [2.75, 3.05) is 0 Å². The van der Waals surface area contributed by atoms with Crippen molar-refractivity contribution in [1.29, 1.82) is 0 Å². The second-order valence-corrected chi connectivity index (χ2v) is 10.2. The maximum Gasteiger partial charge on any atom is 0.267 e. The standard InChI is InChI=1S/C23H48O4S/c1-3-5-6-7-8-9-13-16-20-23(28(25,26)27)21-17-14-11-10-12-15-19-22(24)18-4-2/h22-24H,3-21H2,1-2H3,(H,25,26,27). The highest BCUT2D eigenvalue weighted by molar-refractivity contribution is 7.86. The van der Waals surface area contributed by atoms with Crippen LogP contribution in [0.4, 0.5) is 0 Å². The summed E-state index contributed by atoms with van der Waals surface area (Å²) in [5, 5.41) is 9.13. The smallest absolute Gasteiger partial charge is 0.267 e. The Balaban J connectivity index is 3.71. The molecule has 0 aliphatic heterocycles. The quantitative estimate of drug-likeness (QED) is 0.154. The van der Waals surface area contributed by atoms with Crippen molar-refractivity contribution in [2.45, 2.75) is 147 Å². The predicted molar refractivity (Wildman–Crippen MR) is 120 cm³/mol. The minimum absolute atomic E-state index is 0.142. The van der Waals surface area contributed by atoms with Crippen LogP contribution in [0, 0.1) is 0 Å². The zero-order chi connectivity index (χ0) is 21.1. The molecule has 4 nitrogen and oxygen atoms in total. The van der Waals surface area contributed by atoms with Crippen LogP contribution in [0.1, 0.15) is 136 Å². The van der Waals surface area contributed by atoms with Gasteiger partial charge in [0.1, 0.15) is 0 Å². The van der Waals surface area contributed by atoms with E-state index < -0.39 is 15.4 Å². The summed E-state index contributed by atoms with van der Waals surface area (Å²) in [5.74, 6) is 0. The molecule has 0 aliphatic carbocycles. The first-order valence-corrected chi connectivity index (χ1v) is 13.6. The molecule has 0 aromatic carbocycles. The van der Waals surface area contributed by atoms with E-state index in [0.29, 0.717) is 12.8 Å². The predicted octanol–water partition coefficient (Wildman–Crippen LogP) is 7.06. The highest BCUT2D eigenvalue weighted by Gasteiger charge is 2.21. The van der Waals surface area contributed by atoms with Crippen molar-refractivity contribution in [2.24, 2.45) is 0 Å². The van der Waals surface area contributed by atoms with Gasteiger partial charge < -0.3 is 5.11 Å². The number of hydrogen-bond donors (Lipinski definition) is 2. The van der Waals surface area contributed by atoms with Gasteiger partial charge in [-0.05, 0) is 25.7 Å². The molecule has 0 saturated carbocycles. The van der Waals surface area contributed by atoms with Crippen LogP contribution in [0.3, 0.4) is 0 Å². The Kier molecular flexibility index (Phi) is 18.8. The average molecular weight is 421 g/mol. The number of hydrogen-bond acceptors (Lipinski definition) is 3. The van der Waals surface area contributed by atoms with Crippen molar-refractivity contribution < 1.29 is 18.1 Å². The maximum absolute atomic E-state index is 11.6. The van der Waals surface area contributed by atoms with Crippen molar-refractivity contribution in [3.8, 4) is 0 Å². The molecule has 0 aromatic heterocycles. The van der Waals surface area contributed by atoms with Crippen LogP contribution in [0.25, 0.3) is 0 Å². The summed E-state index contributed by atoms with van der Waals surface area (Å²) >= 11 is 0. The summed E-state index contributed by atoms with van der Waals surface area (Å²) in [4.78, 5) is 0. The van der Waals surface area contributed by atoms with Crippen molar-refractivity contribution in [3.05, 3.63) is 0 Å². The normalized spacial score (nSPS) is 14.3. The highest BCUT2D eigenvalue weighted by Crippen LogP contribution is 2.19. The SMILES string of the molecule is CCCCCCCCCCC(CCCCCCCCC(O)CCC)S(=O)(=O)O. The number of aliphatic hydroxyl groups is 1. The topological polar surface area (TPSA) is 74.6 Å². The van der Waals surface area contributed by atoms with Gasteiger partial charge in [-0.25, -0.2) is 0 Å². The molecule has 0 rings (SSSR count). The Hall–Kier alpha value is -0.130. The Morgan fingerprint density at radius 3 is 1.36 bits per heavy atom. The molecular formula is C23H48O4S. The van der Waals surface area contributed by atoms with Crippen molar-refractivity contribution in [1.82, 2.24) is 0 Å². The van der Waals surface area contributed by atoms with E-state index in [1.807, 2.05) is 0 Å². The molecule has 2 atom stereocenters. The van der Waals surface area contributed by atoms with E-state index in [1.54, 1.807) is 0 Å². The number of rotatable bonds is 21. The Morgan fingerprint density at radius 1 is 0.571 bits per heavy atom. The zero-order valence-corrected chi connectivity index (χ0v) is 19.5. The van der Waals surface area contributed by atoms with Crippen LogP contribution >= 0.6 is 0 Å². The summed E-state index contributed by atoms with van der Waals surface area (Å²) in [6.07, 6.45) is 19.8. The van der Waals surface area contributed by atoms with Crippen LogP contribution in [0.5, 0.6) is 0 Å². The van der Waals surface area contributed by atoms with E-state index in [2.05, 4.69) is 13.8 Å². The first-order valence-electron chi connectivity index (χ1n) is 12.1. The molecule has 0 bridgehead atoms. The average Bonchev–Trinajstić information content (AvgIpc) is 2.63. The van der Waals surface area contributed by atoms with Gasteiger partial charge >= 0.3 is 0 Å². The molecule has 0 spiro atoms. The Morgan fingerprint density at radius 2 is 0.964 bits per heavy atom. The van der Waals surface area contributed by atoms with Crippen molar-refractivity contribution in [3.63, 3.8) is 0 Å². The van der Waals surface area contributed by atoms with Gasteiger partial charge in [0.2, 0.25) is 0 Å². The second-order valence-electron chi connectivity index (χ2n) is 8.54. The lowest BCUT2D eigenvalue weighted by molar-refractivity contribution is 0.150. The van der Waals surface area contributed by atoms with Crippen LogP contribution in [0.2, 0.25) is 0 Å². The van der Waals surface area contributed by atoms with Gasteiger partial charge in [-0.2, -0.15) is 8.42 Å². The van der Waals surface area contributed by atoms with E-state index in [1.165, 1.54) is 38.5 Å². The first-order chi connectivity index (χ1) is 13.4. The molecule has 5 heteroatoms. The summed E-state index contributed by atoms with van der Waals surface area (Å²) in [6, 6.07) is 0. The molecule has 0 aromatic rings. The summed E-state index contributed by atoms with van der Waals surface area (Å²) in [6.45, 7) is 4.31. The van der Waals surface area contributed by atoms with Gasteiger partial charge in [-0.1, -0.05) is 110 Å². The molecule has 0 heterocycles. The van der Waals surface area contributed by atoms with Crippen LogP contribution in [0.15, 0.2) is 0 Å². The minimum Gasteiger partial charge on any atom is -0.393 e. The fourth-order valence-corrected chi connectivity index (χ4v) is 4.81. The summed E-state index contributed by atoms with van der Waals surface area (Å²) in [5.41, 5.74) is 0. The molecule has 2 unspecified atom stereocenters. The molecule has 2 N–H and O–H groups in total. The third-order valence-corrected chi connectivity index (χ3v) is 7.05. The van der Waals surface area contributed by atoms with Crippen LogP contribution in [-0.4, -0.2) is 29.4 Å². The molecule has 0 fully saturated rings. The number of unbranched alkanes of at least 4 members (excludes halogenated alkanes) is 12. The fourth-order valence-electron chi connectivity index (χ4n) is 3.88. The monoisotopic (exact) mass is 420 g/mol. The Bertz CT molecular complexity index is 422. The van der Waals surface area contributed by atoms with E-state index >= 15 is 0 Å². The van der Waals surface area contributed by atoms with E-state index in [0.717, 1.165) is 70.6 Å². The van der Waals surface area contributed by atoms with Gasteiger partial charge in [0, 0.05) is 0 Å². The van der Waals surface area contributed by atoms with Gasteiger partial charge in [-0.15, -0.1) is 0 Å². The molecule has 0 radical (unpaired) electrons. The Labute approximate surface area is 175 Å². The summed E-state index contributed by atoms with van der Waals surface area (Å²) in [7, 11) is -3.91. The zero-order valence-electron chi connectivity index (χ0n) is 18.7. The third kappa shape index (κ3) is 17.9. The van der Waals surface area contributed by atoms with Crippen LogP contribution in [-0.2, 0) is 10.1 Å². The third-order valence-electron chi connectivity index (χ3n) is 5.74. The van der Waals surface area contributed by atoms with Gasteiger partial charge in [0.15, 0.2) is 0 Å². The minimum atomic E-state index is -3.91. The van der Waals surface area contributed by atoms with E-state index in [4.69, 9.17) is 0 Å². The fraction of sp³-hybridized carbons (Fsp3) is 1.00. The van der Waals surface area contributed by atoms with Crippen molar-refractivity contribution >= 4 is 10.1 Å². The van der Waals surface area contributed by atoms with Gasteiger partial charge in [0.05, 0.1) is 11.4 Å². The molecule has 28 heavy (non-hydrogen) atoms. The molecule has 170 valence electrons. The number of aliphatic hydroxyl groups excluding tert-OH is 1. The van der Waals surface area contributed by atoms with Gasteiger partial charge in [-0.3, -0.25) is 4.55 Å². The molecule has 0 saturated heterocycles. The van der Waals surface area contributed by atoms with Gasteiger partial charge in [0.25, 0.3) is 10.1 Å². The first kappa shape index (κ1) is 27.9. The molecule has 0 amide bonds. The van der Waals surface area contributed by atoms with E-state index in [-0.39, 0.29) is 6.10 Å². The van der Waals surface area contributed by atoms with Crippen LogP contribution < -0.4 is 0 Å². The maximum atomic E-state index is 11.6. The van der Waals surface area contributed by atoms with E-state index in [9.17, 15) is 18.1 Å². The molecular weight excluding hydrogens is 372 g/mol.